The Bertz CT molecular complexity index is 1180. The second kappa shape index (κ2) is 12.7. The summed E-state index contributed by atoms with van der Waals surface area (Å²) in [4.78, 5) is 35.2. The third-order valence-electron chi connectivity index (χ3n) is 6.86. The fourth-order valence-electron chi connectivity index (χ4n) is 4.60. The minimum Gasteiger partial charge on any atom is -0.497 e. The maximum atomic E-state index is 13.7. The molecule has 2 N–H and O–H groups in total. The number of H-pyrrole nitrogens is 1. The van der Waals surface area contributed by atoms with Gasteiger partial charge in [0.15, 0.2) is 0 Å². The molecule has 1 fully saturated rings. The zero-order valence-corrected chi connectivity index (χ0v) is 21.9. The number of carbonyl (C=O) groups is 2. The highest BCUT2D eigenvalue weighted by atomic mass is 19.1. The summed E-state index contributed by atoms with van der Waals surface area (Å²) in [5, 5.41) is 2.95. The first kappa shape index (κ1) is 27.3. The normalized spacial score (nSPS) is 15.0. The lowest BCUT2D eigenvalue weighted by molar-refractivity contribution is -0.175. The lowest BCUT2D eigenvalue weighted by Gasteiger charge is -2.51. The Kier molecular flexibility index (Phi) is 9.12. The van der Waals surface area contributed by atoms with Crippen molar-refractivity contribution < 1.29 is 23.5 Å². The van der Waals surface area contributed by atoms with E-state index in [9.17, 15) is 14.0 Å². The smallest absolute Gasteiger partial charge is 0.245 e. The number of nitrogens with zero attached hydrogens (tertiary/aromatic N) is 2. The van der Waals surface area contributed by atoms with Crippen LogP contribution in [-0.2, 0) is 32.8 Å². The first-order valence-corrected chi connectivity index (χ1v) is 13.0. The number of ether oxygens (including phenoxy) is 2. The molecule has 1 saturated heterocycles. The van der Waals surface area contributed by atoms with E-state index in [1.54, 1.807) is 36.7 Å². The van der Waals surface area contributed by atoms with Gasteiger partial charge in [0.25, 0.3) is 0 Å². The number of methoxy groups -OCH3 is 1. The average molecular weight is 523 g/mol. The SMILES string of the molecule is CCCCOC1(c2ccc(F)cc2)CN(C(=O)[C@@H](Cc2ccc(OC)cc2)NC(=O)CCc2cnc[nH]2)C1. The summed E-state index contributed by atoms with van der Waals surface area (Å²) < 4.78 is 25.1. The molecule has 0 aliphatic carbocycles. The number of imidazole rings is 1. The number of rotatable bonds is 13. The second-order valence-electron chi connectivity index (χ2n) is 9.65. The Labute approximate surface area is 222 Å². The molecule has 2 aromatic carbocycles. The highest BCUT2D eigenvalue weighted by Crippen LogP contribution is 2.37. The number of nitrogens with one attached hydrogen (secondary N) is 2. The van der Waals surface area contributed by atoms with Crippen LogP contribution in [0.1, 0.15) is 43.0 Å². The summed E-state index contributed by atoms with van der Waals surface area (Å²) >= 11 is 0. The number of carbonyl (C=O) groups excluding carboxylic acids is 2. The van der Waals surface area contributed by atoms with E-state index in [0.29, 0.717) is 32.5 Å². The molecule has 0 unspecified atom stereocenters. The van der Waals surface area contributed by atoms with Crippen LogP contribution in [0.2, 0.25) is 0 Å². The van der Waals surface area contributed by atoms with Crippen molar-refractivity contribution in [2.75, 3.05) is 26.8 Å². The van der Waals surface area contributed by atoms with E-state index in [1.807, 2.05) is 24.3 Å². The number of aryl methyl sites for hydroxylation is 1. The molecule has 0 radical (unpaired) electrons. The van der Waals surface area contributed by atoms with Crippen molar-refractivity contribution in [3.63, 3.8) is 0 Å². The predicted molar refractivity (Wildman–Crippen MR) is 141 cm³/mol. The Hall–Kier alpha value is -3.72. The number of halogens is 1. The minimum absolute atomic E-state index is 0.174. The highest BCUT2D eigenvalue weighted by molar-refractivity contribution is 5.88. The molecule has 38 heavy (non-hydrogen) atoms. The topological polar surface area (TPSA) is 96.6 Å². The summed E-state index contributed by atoms with van der Waals surface area (Å²) in [6.45, 7) is 3.31. The number of unbranched alkanes of at least 4 members (excludes halogenated alkanes) is 1. The lowest BCUT2D eigenvalue weighted by Crippen LogP contribution is -2.66. The van der Waals surface area contributed by atoms with Gasteiger partial charge >= 0.3 is 0 Å². The van der Waals surface area contributed by atoms with E-state index in [1.165, 1.54) is 12.1 Å². The molecule has 202 valence electrons. The quantitative estimate of drug-likeness (QED) is 0.333. The van der Waals surface area contributed by atoms with Crippen LogP contribution in [0.25, 0.3) is 0 Å². The number of hydrogen-bond donors (Lipinski definition) is 2. The molecule has 0 saturated carbocycles. The van der Waals surface area contributed by atoms with E-state index in [-0.39, 0.29) is 24.1 Å². The van der Waals surface area contributed by atoms with Crippen molar-refractivity contribution in [3.05, 3.63) is 83.7 Å². The Balaban J connectivity index is 1.47. The maximum absolute atomic E-state index is 13.7. The third-order valence-corrected chi connectivity index (χ3v) is 6.86. The van der Waals surface area contributed by atoms with Crippen LogP contribution in [0, 0.1) is 5.82 Å². The molecule has 2 amide bonds. The summed E-state index contributed by atoms with van der Waals surface area (Å²) in [5.41, 5.74) is 1.92. The zero-order valence-electron chi connectivity index (χ0n) is 21.9. The monoisotopic (exact) mass is 522 g/mol. The van der Waals surface area contributed by atoms with Gasteiger partial charge in [-0.05, 0) is 48.2 Å². The predicted octanol–water partition coefficient (Wildman–Crippen LogP) is 3.77. The molecule has 0 bridgehead atoms. The number of aromatic amines is 1. The van der Waals surface area contributed by atoms with Crippen molar-refractivity contribution in [2.45, 2.75) is 50.7 Å². The molecular formula is C29H35FN4O4. The number of aromatic nitrogens is 2. The van der Waals surface area contributed by atoms with E-state index in [4.69, 9.17) is 9.47 Å². The van der Waals surface area contributed by atoms with Crippen molar-refractivity contribution in [3.8, 4) is 5.75 Å². The molecule has 4 rings (SSSR count). The van der Waals surface area contributed by atoms with Crippen LogP contribution in [0.15, 0.2) is 61.1 Å². The number of hydrogen-bond acceptors (Lipinski definition) is 5. The van der Waals surface area contributed by atoms with Crippen LogP contribution in [-0.4, -0.2) is 59.5 Å². The Morgan fingerprint density at radius 1 is 1.16 bits per heavy atom. The van der Waals surface area contributed by atoms with E-state index in [0.717, 1.165) is 35.4 Å². The number of amides is 2. The number of benzene rings is 2. The average Bonchev–Trinajstić information content (AvgIpc) is 3.43. The van der Waals surface area contributed by atoms with Crippen LogP contribution in [0.5, 0.6) is 5.75 Å². The molecule has 1 atom stereocenters. The van der Waals surface area contributed by atoms with Crippen molar-refractivity contribution in [1.29, 1.82) is 0 Å². The van der Waals surface area contributed by atoms with Gasteiger partial charge in [-0.1, -0.05) is 37.6 Å². The van der Waals surface area contributed by atoms with Gasteiger partial charge in [-0.25, -0.2) is 9.37 Å². The zero-order chi connectivity index (χ0) is 27.0. The first-order valence-electron chi connectivity index (χ1n) is 13.0. The van der Waals surface area contributed by atoms with Crippen LogP contribution < -0.4 is 10.1 Å². The Morgan fingerprint density at radius 2 is 1.89 bits per heavy atom. The van der Waals surface area contributed by atoms with E-state index in [2.05, 4.69) is 22.2 Å². The van der Waals surface area contributed by atoms with Crippen molar-refractivity contribution >= 4 is 11.8 Å². The molecule has 3 aromatic rings. The highest BCUT2D eigenvalue weighted by Gasteiger charge is 2.49. The summed E-state index contributed by atoms with van der Waals surface area (Å²) in [5.74, 6) is 0.0156. The molecule has 0 spiro atoms. The molecular weight excluding hydrogens is 487 g/mol. The molecule has 1 aliphatic rings. The van der Waals surface area contributed by atoms with Gasteiger partial charge in [0, 0.05) is 31.3 Å². The molecule has 9 heteroatoms. The van der Waals surface area contributed by atoms with Crippen LogP contribution in [0.3, 0.4) is 0 Å². The standard InChI is InChI=1S/C29H35FN4O4/c1-3-4-15-38-29(22-7-9-23(30)10-8-22)18-34(19-29)28(36)26(16-21-5-12-25(37-2)13-6-21)33-27(35)14-11-24-17-31-20-32-24/h5-10,12-13,17,20,26H,3-4,11,14-16,18-19H2,1-2H3,(H,31,32)(H,33,35)/t26-/m1/s1. The van der Waals surface area contributed by atoms with Gasteiger partial charge in [0.05, 0.1) is 26.5 Å². The largest absolute Gasteiger partial charge is 0.497 e. The van der Waals surface area contributed by atoms with Gasteiger partial charge in [0.2, 0.25) is 11.8 Å². The summed E-state index contributed by atoms with van der Waals surface area (Å²) in [6.07, 6.45) is 6.20. The molecule has 2 heterocycles. The Morgan fingerprint density at radius 3 is 2.53 bits per heavy atom. The lowest BCUT2D eigenvalue weighted by atomic mass is 9.84. The molecule has 1 aromatic heterocycles. The third kappa shape index (κ3) is 6.77. The fraction of sp³-hybridized carbons (Fsp3) is 0.414. The van der Waals surface area contributed by atoms with Crippen molar-refractivity contribution in [2.24, 2.45) is 0 Å². The first-order chi connectivity index (χ1) is 18.4. The maximum Gasteiger partial charge on any atom is 0.245 e. The van der Waals surface area contributed by atoms with Crippen molar-refractivity contribution in [1.82, 2.24) is 20.2 Å². The molecule has 8 nitrogen and oxygen atoms in total. The van der Waals surface area contributed by atoms with E-state index >= 15 is 0 Å². The van der Waals surface area contributed by atoms with Gasteiger partial charge < -0.3 is 24.7 Å². The van der Waals surface area contributed by atoms with Gasteiger partial charge in [-0.2, -0.15) is 0 Å². The second-order valence-corrected chi connectivity index (χ2v) is 9.65. The van der Waals surface area contributed by atoms with Gasteiger partial charge in [-0.3, -0.25) is 9.59 Å². The molecule has 1 aliphatic heterocycles. The summed E-state index contributed by atoms with van der Waals surface area (Å²) in [7, 11) is 1.60. The van der Waals surface area contributed by atoms with Gasteiger partial charge in [0.1, 0.15) is 23.2 Å². The fourth-order valence-corrected chi connectivity index (χ4v) is 4.60. The number of likely N-dealkylation sites (tertiary alicyclic amines) is 1. The summed E-state index contributed by atoms with van der Waals surface area (Å²) in [6, 6.07) is 13.0. The van der Waals surface area contributed by atoms with Gasteiger partial charge in [-0.15, -0.1) is 0 Å². The van der Waals surface area contributed by atoms with Crippen LogP contribution >= 0.6 is 0 Å². The van der Waals surface area contributed by atoms with Crippen LogP contribution in [0.4, 0.5) is 4.39 Å². The minimum atomic E-state index is -0.737. The van der Waals surface area contributed by atoms with E-state index < -0.39 is 11.6 Å².